The summed E-state index contributed by atoms with van der Waals surface area (Å²) in [5.74, 6) is -0.550. The topological polar surface area (TPSA) is 66.6 Å². The van der Waals surface area contributed by atoms with Gasteiger partial charge in [0.2, 0.25) is 0 Å². The molecule has 20 heavy (non-hydrogen) atoms. The molecule has 0 aliphatic rings. The van der Waals surface area contributed by atoms with Crippen LogP contribution in [0.4, 0.5) is 18.9 Å². The Morgan fingerprint density at radius 1 is 1.35 bits per heavy atom. The number of rotatable bonds is 5. The number of nitrogens with zero attached hydrogens (tertiary/aromatic N) is 1. The lowest BCUT2D eigenvalue weighted by atomic mass is 10.1. The summed E-state index contributed by atoms with van der Waals surface area (Å²) < 4.78 is 38.2. The van der Waals surface area contributed by atoms with Gasteiger partial charge in [-0.1, -0.05) is 6.92 Å². The van der Waals surface area contributed by atoms with E-state index < -0.39 is 23.3 Å². The predicted molar refractivity (Wildman–Crippen MR) is 69.1 cm³/mol. The van der Waals surface area contributed by atoms with Crippen molar-refractivity contribution in [2.75, 3.05) is 25.4 Å². The fraction of sp³-hybridized carbons (Fsp3) is 0.462. The van der Waals surface area contributed by atoms with E-state index in [4.69, 9.17) is 10.8 Å². The van der Waals surface area contributed by atoms with Crippen LogP contribution in [0.2, 0.25) is 0 Å². The normalized spacial score (nSPS) is 11.4. The lowest BCUT2D eigenvalue weighted by molar-refractivity contribution is -0.136. The first-order valence-corrected chi connectivity index (χ1v) is 6.18. The van der Waals surface area contributed by atoms with E-state index in [-0.39, 0.29) is 18.7 Å². The minimum absolute atomic E-state index is 0.0817. The second-order valence-corrected chi connectivity index (χ2v) is 4.32. The van der Waals surface area contributed by atoms with Crippen LogP contribution in [0, 0.1) is 0 Å². The molecule has 4 nitrogen and oxygen atoms in total. The van der Waals surface area contributed by atoms with E-state index in [2.05, 4.69) is 0 Å². The van der Waals surface area contributed by atoms with Crippen LogP contribution in [0.1, 0.15) is 29.3 Å². The number of amides is 1. The molecule has 1 aromatic carbocycles. The maximum Gasteiger partial charge on any atom is 0.418 e. The molecule has 0 aliphatic heterocycles. The molecular weight excluding hydrogens is 273 g/mol. The van der Waals surface area contributed by atoms with Crippen molar-refractivity contribution in [2.45, 2.75) is 19.5 Å². The molecule has 0 aromatic heterocycles. The quantitative estimate of drug-likeness (QED) is 0.816. The van der Waals surface area contributed by atoms with Crippen LogP contribution in [-0.2, 0) is 6.18 Å². The Morgan fingerprint density at radius 2 is 2.00 bits per heavy atom. The minimum atomic E-state index is -4.60. The summed E-state index contributed by atoms with van der Waals surface area (Å²) in [6.45, 7) is 2.04. The molecule has 0 bridgehead atoms. The zero-order valence-electron chi connectivity index (χ0n) is 11.1. The monoisotopic (exact) mass is 290 g/mol. The summed E-state index contributed by atoms with van der Waals surface area (Å²) in [7, 11) is 0. The zero-order valence-corrected chi connectivity index (χ0v) is 11.1. The lowest BCUT2D eigenvalue weighted by Crippen LogP contribution is -2.34. The van der Waals surface area contributed by atoms with Crippen molar-refractivity contribution >= 4 is 11.6 Å². The molecular formula is C13H17F3N2O2. The van der Waals surface area contributed by atoms with E-state index in [1.165, 1.54) is 11.0 Å². The maximum absolute atomic E-state index is 12.7. The smallest absolute Gasteiger partial charge is 0.398 e. The third-order valence-corrected chi connectivity index (χ3v) is 2.76. The molecule has 0 radical (unpaired) electrons. The Bertz CT molecular complexity index is 469. The molecule has 0 saturated heterocycles. The van der Waals surface area contributed by atoms with Crippen LogP contribution in [-0.4, -0.2) is 35.6 Å². The number of anilines is 1. The highest BCUT2D eigenvalue weighted by molar-refractivity contribution is 5.95. The van der Waals surface area contributed by atoms with Crippen LogP contribution >= 0.6 is 0 Å². The van der Waals surface area contributed by atoms with E-state index in [1.807, 2.05) is 6.92 Å². The molecule has 3 N–H and O–H groups in total. The van der Waals surface area contributed by atoms with Crippen LogP contribution in [0.3, 0.4) is 0 Å². The Kier molecular flexibility index (Phi) is 5.38. The zero-order chi connectivity index (χ0) is 15.3. The van der Waals surface area contributed by atoms with Crippen LogP contribution < -0.4 is 5.73 Å². The highest BCUT2D eigenvalue weighted by atomic mass is 19.4. The number of carbonyl (C=O) groups is 1. The van der Waals surface area contributed by atoms with Gasteiger partial charge in [0.05, 0.1) is 12.2 Å². The van der Waals surface area contributed by atoms with Crippen LogP contribution in [0.25, 0.3) is 0 Å². The minimum Gasteiger partial charge on any atom is -0.398 e. The summed E-state index contributed by atoms with van der Waals surface area (Å²) in [5.41, 5.74) is 3.75. The molecule has 1 rings (SSSR count). The average molecular weight is 290 g/mol. The molecule has 0 spiro atoms. The van der Waals surface area contributed by atoms with Gasteiger partial charge in [-0.05, 0) is 24.6 Å². The lowest BCUT2D eigenvalue weighted by Gasteiger charge is -2.21. The summed E-state index contributed by atoms with van der Waals surface area (Å²) in [6.07, 6.45) is -3.96. The maximum atomic E-state index is 12.7. The van der Waals surface area contributed by atoms with E-state index in [9.17, 15) is 18.0 Å². The van der Waals surface area contributed by atoms with Crippen molar-refractivity contribution in [1.29, 1.82) is 0 Å². The third-order valence-electron chi connectivity index (χ3n) is 2.76. The molecule has 112 valence electrons. The number of carbonyl (C=O) groups excluding carboxylic acids is 1. The molecule has 1 aromatic rings. The molecule has 0 atom stereocenters. The van der Waals surface area contributed by atoms with Gasteiger partial charge in [-0.15, -0.1) is 0 Å². The summed E-state index contributed by atoms with van der Waals surface area (Å²) in [6, 6.07) is 3.07. The number of benzene rings is 1. The first kappa shape index (κ1) is 16.3. The SMILES string of the molecule is CCCN(CCO)C(=O)c1ccc(N)c(C(F)(F)F)c1. The molecule has 0 saturated carbocycles. The largest absolute Gasteiger partial charge is 0.418 e. The van der Waals surface area contributed by atoms with Gasteiger partial charge in [-0.25, -0.2) is 0 Å². The number of halogens is 3. The van der Waals surface area contributed by atoms with Crippen molar-refractivity contribution in [3.63, 3.8) is 0 Å². The molecule has 0 heterocycles. The fourth-order valence-electron chi connectivity index (χ4n) is 1.82. The Morgan fingerprint density at radius 3 is 2.50 bits per heavy atom. The number of hydrogen-bond acceptors (Lipinski definition) is 3. The van der Waals surface area contributed by atoms with E-state index in [1.54, 1.807) is 0 Å². The van der Waals surface area contributed by atoms with E-state index >= 15 is 0 Å². The number of alkyl halides is 3. The van der Waals surface area contributed by atoms with Gasteiger partial charge in [-0.3, -0.25) is 4.79 Å². The van der Waals surface area contributed by atoms with Gasteiger partial charge < -0.3 is 15.7 Å². The Balaban J connectivity index is 3.10. The first-order valence-electron chi connectivity index (χ1n) is 6.18. The van der Waals surface area contributed by atoms with Crippen LogP contribution in [0.5, 0.6) is 0 Å². The fourth-order valence-corrected chi connectivity index (χ4v) is 1.82. The molecule has 1 amide bonds. The van der Waals surface area contributed by atoms with Gasteiger partial charge >= 0.3 is 6.18 Å². The standard InChI is InChI=1S/C13H17F3N2O2/c1-2-5-18(6-7-19)12(20)9-3-4-11(17)10(8-9)13(14,15)16/h3-4,8,19H,2,5-7,17H2,1H3. The third kappa shape index (κ3) is 3.86. The molecule has 0 fully saturated rings. The first-order chi connectivity index (χ1) is 9.31. The Labute approximate surface area is 115 Å². The van der Waals surface area contributed by atoms with Crippen molar-refractivity contribution in [1.82, 2.24) is 4.90 Å². The second-order valence-electron chi connectivity index (χ2n) is 4.32. The van der Waals surface area contributed by atoms with Crippen LogP contribution in [0.15, 0.2) is 18.2 Å². The van der Waals surface area contributed by atoms with Crippen molar-refractivity contribution in [3.05, 3.63) is 29.3 Å². The molecule has 0 unspecified atom stereocenters. The second kappa shape index (κ2) is 6.60. The number of nitrogens with two attached hydrogens (primary N) is 1. The number of hydrogen-bond donors (Lipinski definition) is 2. The van der Waals surface area contributed by atoms with Crippen molar-refractivity contribution in [3.8, 4) is 0 Å². The van der Waals surface area contributed by atoms with E-state index in [0.29, 0.717) is 13.0 Å². The van der Waals surface area contributed by atoms with Crippen molar-refractivity contribution < 1.29 is 23.1 Å². The van der Waals surface area contributed by atoms with Gasteiger partial charge in [0, 0.05) is 24.3 Å². The molecule has 7 heteroatoms. The summed E-state index contributed by atoms with van der Waals surface area (Å²) in [4.78, 5) is 13.4. The Hall–Kier alpha value is -1.76. The van der Waals surface area contributed by atoms with E-state index in [0.717, 1.165) is 12.1 Å². The molecule has 0 aliphatic carbocycles. The summed E-state index contributed by atoms with van der Waals surface area (Å²) in [5, 5.41) is 8.89. The number of nitrogen functional groups attached to an aromatic ring is 1. The predicted octanol–water partition coefficient (Wildman–Crippen LogP) is 2.13. The highest BCUT2D eigenvalue weighted by Crippen LogP contribution is 2.34. The summed E-state index contributed by atoms with van der Waals surface area (Å²) >= 11 is 0. The average Bonchev–Trinajstić information content (AvgIpc) is 2.37. The number of aliphatic hydroxyl groups excluding tert-OH is 1. The van der Waals surface area contributed by atoms with Crippen molar-refractivity contribution in [2.24, 2.45) is 0 Å². The van der Waals surface area contributed by atoms with Gasteiger partial charge in [0.15, 0.2) is 0 Å². The van der Waals surface area contributed by atoms with Gasteiger partial charge in [-0.2, -0.15) is 13.2 Å². The number of aliphatic hydroxyl groups is 1. The van der Waals surface area contributed by atoms with Gasteiger partial charge in [0.1, 0.15) is 0 Å². The van der Waals surface area contributed by atoms with Gasteiger partial charge in [0.25, 0.3) is 5.91 Å². The highest BCUT2D eigenvalue weighted by Gasteiger charge is 2.33.